The van der Waals surface area contributed by atoms with Crippen LogP contribution in [0.4, 0.5) is 4.79 Å². The lowest BCUT2D eigenvalue weighted by molar-refractivity contribution is -0.144. The molecule has 2 rings (SSSR count). The van der Waals surface area contributed by atoms with Crippen molar-refractivity contribution >= 4 is 12.1 Å². The molecule has 2 aliphatic rings. The molecular formula is C16H28N2O4. The summed E-state index contributed by atoms with van der Waals surface area (Å²) in [4.78, 5) is 25.4. The van der Waals surface area contributed by atoms with Crippen molar-refractivity contribution in [1.82, 2.24) is 10.2 Å². The Morgan fingerprint density at radius 1 is 1.27 bits per heavy atom. The van der Waals surface area contributed by atoms with Gasteiger partial charge in [0, 0.05) is 19.6 Å². The Kier molecular flexibility index (Phi) is 4.44. The van der Waals surface area contributed by atoms with Crippen LogP contribution < -0.4 is 5.32 Å². The zero-order chi connectivity index (χ0) is 16.6. The highest BCUT2D eigenvalue weighted by atomic mass is 16.6. The van der Waals surface area contributed by atoms with Gasteiger partial charge in [0.25, 0.3) is 0 Å². The van der Waals surface area contributed by atoms with Gasteiger partial charge in [-0.2, -0.15) is 0 Å². The average Bonchev–Trinajstić information content (AvgIpc) is 2.78. The van der Waals surface area contributed by atoms with Crippen molar-refractivity contribution in [1.29, 1.82) is 0 Å². The Bertz CT molecular complexity index is 450. The zero-order valence-electron chi connectivity index (χ0n) is 14.1. The SMILES string of the molecule is CC[C@]1(C(=O)O)CC2(CCN(C(=O)OC(C)(C)C)CC2)CN1. The Morgan fingerprint density at radius 3 is 2.27 bits per heavy atom. The van der Waals surface area contributed by atoms with Crippen LogP contribution >= 0.6 is 0 Å². The highest BCUT2D eigenvalue weighted by Gasteiger charge is 2.52. The van der Waals surface area contributed by atoms with Gasteiger partial charge in [0.05, 0.1) is 0 Å². The molecule has 0 aromatic heterocycles. The van der Waals surface area contributed by atoms with E-state index in [0.29, 0.717) is 25.9 Å². The fourth-order valence-electron chi connectivity index (χ4n) is 3.52. The number of carboxylic acids is 1. The van der Waals surface area contributed by atoms with Gasteiger partial charge in [-0.15, -0.1) is 0 Å². The fourth-order valence-corrected chi connectivity index (χ4v) is 3.52. The van der Waals surface area contributed by atoms with E-state index in [2.05, 4.69) is 5.32 Å². The van der Waals surface area contributed by atoms with E-state index in [1.165, 1.54) is 0 Å². The number of ether oxygens (including phenoxy) is 1. The minimum Gasteiger partial charge on any atom is -0.480 e. The molecule has 0 radical (unpaired) electrons. The largest absolute Gasteiger partial charge is 0.480 e. The van der Waals surface area contributed by atoms with Gasteiger partial charge in [0.2, 0.25) is 0 Å². The van der Waals surface area contributed by atoms with Crippen molar-refractivity contribution < 1.29 is 19.4 Å². The molecule has 0 unspecified atom stereocenters. The number of carbonyl (C=O) groups is 2. The maximum atomic E-state index is 12.1. The third kappa shape index (κ3) is 3.37. The lowest BCUT2D eigenvalue weighted by atomic mass is 9.73. The summed E-state index contributed by atoms with van der Waals surface area (Å²) in [7, 11) is 0. The summed E-state index contributed by atoms with van der Waals surface area (Å²) in [5, 5.41) is 12.7. The van der Waals surface area contributed by atoms with Crippen LogP contribution in [0.15, 0.2) is 0 Å². The second-order valence-electron chi connectivity index (χ2n) is 7.74. The summed E-state index contributed by atoms with van der Waals surface area (Å²) < 4.78 is 5.41. The molecule has 22 heavy (non-hydrogen) atoms. The van der Waals surface area contributed by atoms with Crippen molar-refractivity contribution in [3.8, 4) is 0 Å². The van der Waals surface area contributed by atoms with Gasteiger partial charge in [-0.3, -0.25) is 4.79 Å². The number of amides is 1. The van der Waals surface area contributed by atoms with Crippen molar-refractivity contribution in [2.24, 2.45) is 5.41 Å². The maximum absolute atomic E-state index is 12.1. The van der Waals surface area contributed by atoms with E-state index >= 15 is 0 Å². The number of likely N-dealkylation sites (tertiary alicyclic amines) is 1. The molecular weight excluding hydrogens is 284 g/mol. The summed E-state index contributed by atoms with van der Waals surface area (Å²) in [6.45, 7) is 9.48. The van der Waals surface area contributed by atoms with E-state index in [1.54, 1.807) is 4.90 Å². The quantitative estimate of drug-likeness (QED) is 0.817. The zero-order valence-corrected chi connectivity index (χ0v) is 14.1. The molecule has 2 fully saturated rings. The molecule has 2 saturated heterocycles. The van der Waals surface area contributed by atoms with Crippen LogP contribution in [0.2, 0.25) is 0 Å². The fraction of sp³-hybridized carbons (Fsp3) is 0.875. The number of carboxylic acid groups (broad SMARTS) is 1. The molecule has 6 nitrogen and oxygen atoms in total. The highest BCUT2D eigenvalue weighted by molar-refractivity contribution is 5.79. The molecule has 1 amide bonds. The number of piperidine rings is 1. The van der Waals surface area contributed by atoms with Gasteiger partial charge in [-0.1, -0.05) is 6.92 Å². The maximum Gasteiger partial charge on any atom is 0.410 e. The molecule has 0 saturated carbocycles. The monoisotopic (exact) mass is 312 g/mol. The normalized spacial score (nSPS) is 27.9. The Labute approximate surface area is 132 Å². The van der Waals surface area contributed by atoms with E-state index in [0.717, 1.165) is 19.4 Å². The van der Waals surface area contributed by atoms with Crippen molar-refractivity contribution in [2.75, 3.05) is 19.6 Å². The van der Waals surface area contributed by atoms with Gasteiger partial charge >= 0.3 is 12.1 Å². The lowest BCUT2D eigenvalue weighted by Gasteiger charge is -2.39. The first-order valence-electron chi connectivity index (χ1n) is 8.08. The smallest absolute Gasteiger partial charge is 0.410 e. The second-order valence-corrected chi connectivity index (χ2v) is 7.74. The molecule has 0 aliphatic carbocycles. The van der Waals surface area contributed by atoms with Gasteiger partial charge in [-0.25, -0.2) is 4.79 Å². The topological polar surface area (TPSA) is 78.9 Å². The van der Waals surface area contributed by atoms with Crippen LogP contribution in [0, 0.1) is 5.41 Å². The lowest BCUT2D eigenvalue weighted by Crippen LogP contribution is -2.47. The van der Waals surface area contributed by atoms with Gasteiger partial charge in [0.15, 0.2) is 0 Å². The number of hydrogen-bond donors (Lipinski definition) is 2. The van der Waals surface area contributed by atoms with Gasteiger partial charge < -0.3 is 20.1 Å². The molecule has 126 valence electrons. The number of aliphatic carboxylic acids is 1. The summed E-state index contributed by atoms with van der Waals surface area (Å²) in [5.41, 5.74) is -1.29. The van der Waals surface area contributed by atoms with E-state index < -0.39 is 17.1 Å². The van der Waals surface area contributed by atoms with Crippen molar-refractivity contribution in [3.05, 3.63) is 0 Å². The molecule has 2 aliphatic heterocycles. The van der Waals surface area contributed by atoms with E-state index in [4.69, 9.17) is 4.74 Å². The van der Waals surface area contributed by atoms with Gasteiger partial charge in [-0.05, 0) is 51.9 Å². The van der Waals surface area contributed by atoms with Crippen LogP contribution in [-0.2, 0) is 9.53 Å². The summed E-state index contributed by atoms with van der Waals surface area (Å²) in [6, 6.07) is 0. The number of hydrogen-bond acceptors (Lipinski definition) is 4. The predicted molar refractivity (Wildman–Crippen MR) is 82.8 cm³/mol. The average molecular weight is 312 g/mol. The minimum atomic E-state index is -0.798. The third-order valence-electron chi connectivity index (χ3n) is 4.97. The van der Waals surface area contributed by atoms with E-state index in [-0.39, 0.29) is 11.5 Å². The second kappa shape index (κ2) is 5.72. The molecule has 0 aromatic rings. The van der Waals surface area contributed by atoms with Crippen LogP contribution in [0.5, 0.6) is 0 Å². The standard InChI is InChI=1S/C16H28N2O4/c1-5-16(12(19)20)10-15(11-17-16)6-8-18(9-7-15)13(21)22-14(2,3)4/h17H,5-11H2,1-4H3,(H,19,20)/t16-/m1/s1. The molecule has 1 spiro atoms. The molecule has 0 aromatic carbocycles. The summed E-state index contributed by atoms with van der Waals surface area (Å²) in [6.07, 6.45) is 2.62. The first-order chi connectivity index (χ1) is 10.1. The minimum absolute atomic E-state index is 0.00703. The predicted octanol–water partition coefficient (Wildman–Crippen LogP) is 2.23. The summed E-state index contributed by atoms with van der Waals surface area (Å²) >= 11 is 0. The Balaban J connectivity index is 1.95. The number of rotatable bonds is 2. The number of carbonyl (C=O) groups excluding carboxylic acids is 1. The van der Waals surface area contributed by atoms with E-state index in [9.17, 15) is 14.7 Å². The van der Waals surface area contributed by atoms with Crippen LogP contribution in [0.1, 0.15) is 53.4 Å². The number of nitrogens with zero attached hydrogens (tertiary/aromatic N) is 1. The van der Waals surface area contributed by atoms with Crippen LogP contribution in [0.3, 0.4) is 0 Å². The molecule has 2 N–H and O–H groups in total. The number of nitrogens with one attached hydrogen (secondary N) is 1. The molecule has 2 heterocycles. The Hall–Kier alpha value is -1.30. The molecule has 1 atom stereocenters. The van der Waals surface area contributed by atoms with Crippen LogP contribution in [-0.4, -0.2) is 52.8 Å². The molecule has 6 heteroatoms. The highest BCUT2D eigenvalue weighted by Crippen LogP contribution is 2.44. The third-order valence-corrected chi connectivity index (χ3v) is 4.97. The summed E-state index contributed by atoms with van der Waals surface area (Å²) in [5.74, 6) is -0.763. The first-order valence-corrected chi connectivity index (χ1v) is 8.08. The van der Waals surface area contributed by atoms with Crippen molar-refractivity contribution in [2.45, 2.75) is 64.5 Å². The van der Waals surface area contributed by atoms with Crippen molar-refractivity contribution in [3.63, 3.8) is 0 Å². The first kappa shape index (κ1) is 17.1. The molecule has 0 bridgehead atoms. The van der Waals surface area contributed by atoms with Gasteiger partial charge in [0.1, 0.15) is 11.1 Å². The van der Waals surface area contributed by atoms with E-state index in [1.807, 2.05) is 27.7 Å². The Morgan fingerprint density at radius 2 is 1.86 bits per heavy atom. The van der Waals surface area contributed by atoms with Crippen LogP contribution in [0.25, 0.3) is 0 Å².